The Morgan fingerprint density at radius 1 is 0.792 bits per heavy atom. The summed E-state index contributed by atoms with van der Waals surface area (Å²) >= 11 is 0. The van der Waals surface area contributed by atoms with Crippen LogP contribution in [0.2, 0.25) is 0 Å². The van der Waals surface area contributed by atoms with Crippen molar-refractivity contribution in [1.82, 2.24) is 0 Å². The average Bonchev–Trinajstić information content (AvgIpc) is 2.63. The van der Waals surface area contributed by atoms with Crippen molar-refractivity contribution in [1.29, 1.82) is 0 Å². The first-order valence-corrected chi connectivity index (χ1v) is 8.22. The van der Waals surface area contributed by atoms with Gasteiger partial charge in [0.05, 0.1) is 11.1 Å². The monoisotopic (exact) mass is 326 g/mol. The van der Waals surface area contributed by atoms with Crippen LogP contribution in [-0.2, 0) is 9.47 Å². The third kappa shape index (κ3) is 5.54. The lowest BCUT2D eigenvalue weighted by molar-refractivity contribution is -0.0837. The van der Waals surface area contributed by atoms with Crippen LogP contribution in [0.5, 0.6) is 0 Å². The van der Waals surface area contributed by atoms with Gasteiger partial charge in [0, 0.05) is 6.42 Å². The second-order valence-electron chi connectivity index (χ2n) is 5.47. The van der Waals surface area contributed by atoms with E-state index >= 15 is 0 Å². The van der Waals surface area contributed by atoms with Gasteiger partial charge in [0.15, 0.2) is 0 Å². The van der Waals surface area contributed by atoms with Crippen molar-refractivity contribution >= 4 is 11.9 Å². The molecule has 0 radical (unpaired) electrons. The summed E-state index contributed by atoms with van der Waals surface area (Å²) in [5.74, 6) is -0.976. The van der Waals surface area contributed by atoms with Crippen LogP contribution in [0.25, 0.3) is 0 Å². The largest absolute Gasteiger partial charge is 0.422 e. The van der Waals surface area contributed by atoms with Gasteiger partial charge in [-0.1, -0.05) is 56.2 Å². The van der Waals surface area contributed by atoms with Gasteiger partial charge in [-0.25, -0.2) is 9.59 Å². The van der Waals surface area contributed by atoms with Crippen LogP contribution in [0.4, 0.5) is 0 Å². The Hall–Kier alpha value is -2.62. The highest BCUT2D eigenvalue weighted by Gasteiger charge is 2.20. The summed E-state index contributed by atoms with van der Waals surface area (Å²) in [5, 5.41) is 0. The summed E-state index contributed by atoms with van der Waals surface area (Å²) in [4.78, 5) is 24.4. The molecule has 0 amide bonds. The smallest absolute Gasteiger partial charge is 0.341 e. The first kappa shape index (κ1) is 17.7. The van der Waals surface area contributed by atoms with E-state index in [0.29, 0.717) is 17.5 Å². The molecule has 0 unspecified atom stereocenters. The minimum Gasteiger partial charge on any atom is -0.422 e. The van der Waals surface area contributed by atoms with Gasteiger partial charge in [-0.15, -0.1) is 0 Å². The molecule has 0 N–H and O–H groups in total. The predicted octanol–water partition coefficient (Wildman–Crippen LogP) is 4.61. The normalized spacial score (nSPS) is 10.4. The highest BCUT2D eigenvalue weighted by atomic mass is 16.7. The van der Waals surface area contributed by atoms with E-state index in [4.69, 9.17) is 9.47 Å². The molecular weight excluding hydrogens is 304 g/mol. The summed E-state index contributed by atoms with van der Waals surface area (Å²) in [6, 6.07) is 17.4. The van der Waals surface area contributed by atoms with E-state index < -0.39 is 18.2 Å². The van der Waals surface area contributed by atoms with E-state index in [0.717, 1.165) is 19.3 Å². The van der Waals surface area contributed by atoms with Crippen LogP contribution in [0.15, 0.2) is 60.7 Å². The van der Waals surface area contributed by atoms with Gasteiger partial charge in [-0.2, -0.15) is 0 Å². The Kier molecular flexibility index (Phi) is 7.02. The Labute approximate surface area is 142 Å². The Morgan fingerprint density at radius 2 is 1.25 bits per heavy atom. The zero-order chi connectivity index (χ0) is 17.2. The molecule has 0 spiro atoms. The van der Waals surface area contributed by atoms with Gasteiger partial charge in [0.1, 0.15) is 0 Å². The lowest BCUT2D eigenvalue weighted by atomic mass is 10.2. The molecule has 0 aliphatic carbocycles. The Bertz CT molecular complexity index is 584. The van der Waals surface area contributed by atoms with Crippen molar-refractivity contribution in [2.75, 3.05) is 0 Å². The SMILES string of the molecule is CCCCCC(OC(=O)c1ccccc1)OC(=O)c1ccccc1. The van der Waals surface area contributed by atoms with Crippen LogP contribution >= 0.6 is 0 Å². The van der Waals surface area contributed by atoms with E-state index in [1.807, 2.05) is 12.1 Å². The second-order valence-corrected chi connectivity index (χ2v) is 5.47. The lowest BCUT2D eigenvalue weighted by Crippen LogP contribution is -2.25. The van der Waals surface area contributed by atoms with E-state index in [2.05, 4.69) is 6.92 Å². The molecule has 2 aromatic rings. The third-order valence-electron chi connectivity index (χ3n) is 3.54. The van der Waals surface area contributed by atoms with Crippen LogP contribution in [0, 0.1) is 0 Å². The van der Waals surface area contributed by atoms with Gasteiger partial charge in [0.2, 0.25) is 6.29 Å². The highest BCUT2D eigenvalue weighted by Crippen LogP contribution is 2.14. The summed E-state index contributed by atoms with van der Waals surface area (Å²) in [6.45, 7) is 2.08. The molecule has 0 bridgehead atoms. The van der Waals surface area contributed by atoms with Gasteiger partial charge < -0.3 is 9.47 Å². The van der Waals surface area contributed by atoms with Gasteiger partial charge >= 0.3 is 11.9 Å². The first-order chi connectivity index (χ1) is 11.7. The van der Waals surface area contributed by atoms with E-state index in [1.54, 1.807) is 48.5 Å². The minimum absolute atomic E-state index is 0.439. The Morgan fingerprint density at radius 3 is 1.67 bits per heavy atom. The molecule has 4 nitrogen and oxygen atoms in total. The fraction of sp³-hybridized carbons (Fsp3) is 0.300. The molecule has 0 fully saturated rings. The maximum atomic E-state index is 12.2. The van der Waals surface area contributed by atoms with Gasteiger partial charge in [0.25, 0.3) is 0 Å². The highest BCUT2D eigenvalue weighted by molar-refractivity contribution is 5.90. The zero-order valence-corrected chi connectivity index (χ0v) is 13.8. The zero-order valence-electron chi connectivity index (χ0n) is 13.8. The molecule has 0 aromatic heterocycles. The van der Waals surface area contributed by atoms with Crippen molar-refractivity contribution in [3.63, 3.8) is 0 Å². The molecule has 0 aliphatic heterocycles. The first-order valence-electron chi connectivity index (χ1n) is 8.22. The van der Waals surface area contributed by atoms with E-state index in [-0.39, 0.29) is 0 Å². The van der Waals surface area contributed by atoms with Crippen molar-refractivity contribution in [3.8, 4) is 0 Å². The summed E-state index contributed by atoms with van der Waals surface area (Å²) in [6.07, 6.45) is 2.46. The molecule has 2 rings (SSSR count). The van der Waals surface area contributed by atoms with E-state index in [1.165, 1.54) is 0 Å². The molecule has 126 valence electrons. The van der Waals surface area contributed by atoms with Crippen LogP contribution in [0.3, 0.4) is 0 Å². The fourth-order valence-corrected chi connectivity index (χ4v) is 2.23. The lowest BCUT2D eigenvalue weighted by Gasteiger charge is -2.18. The summed E-state index contributed by atoms with van der Waals surface area (Å²) in [5.41, 5.74) is 0.877. The number of hydrogen-bond donors (Lipinski definition) is 0. The number of carbonyl (C=O) groups is 2. The molecule has 0 saturated carbocycles. The summed E-state index contributed by atoms with van der Waals surface area (Å²) in [7, 11) is 0. The van der Waals surface area contributed by atoms with Crippen LogP contribution < -0.4 is 0 Å². The number of esters is 2. The second kappa shape index (κ2) is 9.50. The fourth-order valence-electron chi connectivity index (χ4n) is 2.23. The maximum absolute atomic E-state index is 12.2. The number of benzene rings is 2. The molecule has 0 heterocycles. The molecule has 2 aromatic carbocycles. The van der Waals surface area contributed by atoms with Crippen molar-refractivity contribution in [3.05, 3.63) is 71.8 Å². The van der Waals surface area contributed by atoms with Gasteiger partial charge in [-0.3, -0.25) is 0 Å². The topological polar surface area (TPSA) is 52.6 Å². The molecule has 0 saturated heterocycles. The van der Waals surface area contributed by atoms with Crippen LogP contribution in [0.1, 0.15) is 53.3 Å². The quantitative estimate of drug-likeness (QED) is 0.404. The molecule has 0 atom stereocenters. The number of hydrogen-bond acceptors (Lipinski definition) is 4. The maximum Gasteiger partial charge on any atom is 0.341 e. The molecule has 0 aliphatic rings. The van der Waals surface area contributed by atoms with Crippen molar-refractivity contribution < 1.29 is 19.1 Å². The number of unbranched alkanes of at least 4 members (excludes halogenated alkanes) is 2. The standard InChI is InChI=1S/C20H22O4/c1-2-3-6-15-18(23-19(21)16-11-7-4-8-12-16)24-20(22)17-13-9-5-10-14-17/h4-5,7-14,18H,2-3,6,15H2,1H3. The van der Waals surface area contributed by atoms with Crippen LogP contribution in [-0.4, -0.2) is 18.2 Å². The average molecular weight is 326 g/mol. The predicted molar refractivity (Wildman–Crippen MR) is 91.6 cm³/mol. The molecule has 24 heavy (non-hydrogen) atoms. The number of rotatable bonds is 8. The molecular formula is C20H22O4. The molecule has 4 heteroatoms. The Balaban J connectivity index is 2.01. The number of carbonyl (C=O) groups excluding carboxylic acids is 2. The third-order valence-corrected chi connectivity index (χ3v) is 3.54. The van der Waals surface area contributed by atoms with Crippen molar-refractivity contribution in [2.45, 2.75) is 38.9 Å². The minimum atomic E-state index is -0.878. The van der Waals surface area contributed by atoms with E-state index in [9.17, 15) is 9.59 Å². The van der Waals surface area contributed by atoms with Crippen molar-refractivity contribution in [2.24, 2.45) is 0 Å². The van der Waals surface area contributed by atoms with Gasteiger partial charge in [-0.05, 0) is 30.7 Å². The summed E-state index contributed by atoms with van der Waals surface area (Å²) < 4.78 is 10.8. The number of ether oxygens (including phenoxy) is 2.